The lowest BCUT2D eigenvalue weighted by molar-refractivity contribution is 0.0382. The Morgan fingerprint density at radius 2 is 1.61 bits per heavy atom. The lowest BCUT2D eigenvalue weighted by Gasteiger charge is -2.28. The Morgan fingerprint density at radius 3 is 2.30 bits per heavy atom. The van der Waals surface area contributed by atoms with E-state index >= 15 is 0 Å². The third-order valence-corrected chi connectivity index (χ3v) is 4.47. The van der Waals surface area contributed by atoms with Crippen molar-refractivity contribution in [3.05, 3.63) is 70.7 Å². The third-order valence-electron chi connectivity index (χ3n) is 4.22. The van der Waals surface area contributed by atoms with Gasteiger partial charge in [0, 0.05) is 31.2 Å². The van der Waals surface area contributed by atoms with Gasteiger partial charge in [-0.2, -0.15) is 0 Å². The van der Waals surface area contributed by atoms with Gasteiger partial charge < -0.3 is 10.1 Å². The number of halogens is 1. The fourth-order valence-electron chi connectivity index (χ4n) is 2.92. The number of benzene rings is 2. The maximum atomic E-state index is 6.03. The number of nitrogens with one attached hydrogen (secondary N) is 1. The van der Waals surface area contributed by atoms with Gasteiger partial charge >= 0.3 is 0 Å². The fourth-order valence-corrected chi connectivity index (χ4v) is 3.05. The van der Waals surface area contributed by atoms with Crippen molar-refractivity contribution in [1.29, 1.82) is 0 Å². The summed E-state index contributed by atoms with van der Waals surface area (Å²) in [6, 6.07) is 18.9. The van der Waals surface area contributed by atoms with Crippen LogP contribution in [-0.2, 0) is 4.74 Å². The maximum absolute atomic E-state index is 6.03. The van der Waals surface area contributed by atoms with Gasteiger partial charge in [0.2, 0.25) is 0 Å². The summed E-state index contributed by atoms with van der Waals surface area (Å²) < 4.78 is 5.40. The summed E-state index contributed by atoms with van der Waals surface area (Å²) in [5, 5.41) is 4.47. The van der Waals surface area contributed by atoms with Crippen LogP contribution >= 0.6 is 11.6 Å². The summed E-state index contributed by atoms with van der Waals surface area (Å²) in [6.45, 7) is 5.73. The van der Waals surface area contributed by atoms with Gasteiger partial charge in [-0.05, 0) is 23.3 Å². The molecular formula is C19H23ClN2O. The van der Waals surface area contributed by atoms with Gasteiger partial charge in [-0.25, -0.2) is 0 Å². The van der Waals surface area contributed by atoms with Crippen LogP contribution in [0.25, 0.3) is 0 Å². The SMILES string of the molecule is Clc1ccc([C@H](NCCN2CCOCC2)c2ccccc2)cc1. The van der Waals surface area contributed by atoms with Gasteiger partial charge in [0.1, 0.15) is 0 Å². The summed E-state index contributed by atoms with van der Waals surface area (Å²) in [5.41, 5.74) is 2.51. The van der Waals surface area contributed by atoms with Gasteiger partial charge in [0.25, 0.3) is 0 Å². The largest absolute Gasteiger partial charge is 0.379 e. The quantitative estimate of drug-likeness (QED) is 0.879. The summed E-state index contributed by atoms with van der Waals surface area (Å²) in [4.78, 5) is 2.44. The van der Waals surface area contributed by atoms with E-state index < -0.39 is 0 Å². The van der Waals surface area contributed by atoms with Crippen LogP contribution in [0.1, 0.15) is 17.2 Å². The minimum atomic E-state index is 0.189. The highest BCUT2D eigenvalue weighted by Gasteiger charge is 2.15. The Morgan fingerprint density at radius 1 is 0.957 bits per heavy atom. The molecule has 2 aromatic carbocycles. The minimum Gasteiger partial charge on any atom is -0.379 e. The molecule has 0 radical (unpaired) electrons. The van der Waals surface area contributed by atoms with E-state index in [9.17, 15) is 0 Å². The molecule has 3 nitrogen and oxygen atoms in total. The van der Waals surface area contributed by atoms with Gasteiger partial charge in [0.15, 0.2) is 0 Å². The highest BCUT2D eigenvalue weighted by atomic mass is 35.5. The second-order valence-electron chi connectivity index (χ2n) is 5.80. The van der Waals surface area contributed by atoms with Gasteiger partial charge in [-0.3, -0.25) is 4.90 Å². The smallest absolute Gasteiger partial charge is 0.0594 e. The van der Waals surface area contributed by atoms with Crippen LogP contribution in [-0.4, -0.2) is 44.3 Å². The number of hydrogen-bond acceptors (Lipinski definition) is 3. The molecule has 1 N–H and O–H groups in total. The second-order valence-corrected chi connectivity index (χ2v) is 6.24. The molecule has 1 atom stereocenters. The van der Waals surface area contributed by atoms with Crippen LogP contribution in [0.15, 0.2) is 54.6 Å². The minimum absolute atomic E-state index is 0.189. The third kappa shape index (κ3) is 4.79. The summed E-state index contributed by atoms with van der Waals surface area (Å²) in [7, 11) is 0. The lowest BCUT2D eigenvalue weighted by atomic mass is 9.99. The van der Waals surface area contributed by atoms with Crippen molar-refractivity contribution in [3.8, 4) is 0 Å². The average Bonchev–Trinajstić information content (AvgIpc) is 2.61. The highest BCUT2D eigenvalue weighted by Crippen LogP contribution is 2.23. The molecular weight excluding hydrogens is 308 g/mol. The normalized spacial score (nSPS) is 17.1. The first-order valence-electron chi connectivity index (χ1n) is 8.17. The van der Waals surface area contributed by atoms with Gasteiger partial charge in [-0.15, -0.1) is 0 Å². The van der Waals surface area contributed by atoms with E-state index in [1.165, 1.54) is 11.1 Å². The molecule has 122 valence electrons. The van der Waals surface area contributed by atoms with E-state index in [4.69, 9.17) is 16.3 Å². The van der Waals surface area contributed by atoms with Gasteiger partial charge in [-0.1, -0.05) is 54.1 Å². The molecule has 1 heterocycles. The molecule has 0 bridgehead atoms. The monoisotopic (exact) mass is 330 g/mol. The molecule has 0 saturated carbocycles. The van der Waals surface area contributed by atoms with E-state index in [0.29, 0.717) is 0 Å². The fraction of sp³-hybridized carbons (Fsp3) is 0.368. The molecule has 3 rings (SSSR count). The first-order chi connectivity index (χ1) is 11.3. The Kier molecular flexibility index (Phi) is 6.06. The van der Waals surface area contributed by atoms with Crippen LogP contribution in [0.2, 0.25) is 5.02 Å². The van der Waals surface area contributed by atoms with Crippen LogP contribution in [0.5, 0.6) is 0 Å². The molecule has 0 amide bonds. The summed E-state index contributed by atoms with van der Waals surface area (Å²) in [6.07, 6.45) is 0. The summed E-state index contributed by atoms with van der Waals surface area (Å²) in [5.74, 6) is 0. The van der Waals surface area contributed by atoms with Crippen molar-refractivity contribution in [3.63, 3.8) is 0 Å². The first-order valence-corrected chi connectivity index (χ1v) is 8.54. The zero-order valence-electron chi connectivity index (χ0n) is 13.2. The molecule has 0 unspecified atom stereocenters. The molecule has 1 saturated heterocycles. The van der Waals surface area contributed by atoms with Crippen molar-refractivity contribution in [2.75, 3.05) is 39.4 Å². The van der Waals surface area contributed by atoms with Crippen molar-refractivity contribution < 1.29 is 4.74 Å². The summed E-state index contributed by atoms with van der Waals surface area (Å²) >= 11 is 6.03. The van der Waals surface area contributed by atoms with Crippen LogP contribution in [0.3, 0.4) is 0 Å². The zero-order valence-corrected chi connectivity index (χ0v) is 14.0. The van der Waals surface area contributed by atoms with Crippen molar-refractivity contribution in [2.24, 2.45) is 0 Å². The highest BCUT2D eigenvalue weighted by molar-refractivity contribution is 6.30. The number of hydrogen-bond donors (Lipinski definition) is 1. The van der Waals surface area contributed by atoms with Crippen LogP contribution < -0.4 is 5.32 Å². The number of ether oxygens (including phenoxy) is 1. The van der Waals surface area contributed by atoms with E-state index in [2.05, 4.69) is 52.7 Å². The molecule has 1 aliphatic heterocycles. The second kappa shape index (κ2) is 8.46. The van der Waals surface area contributed by atoms with Gasteiger partial charge in [0.05, 0.1) is 19.3 Å². The number of nitrogens with zero attached hydrogens (tertiary/aromatic N) is 1. The Balaban J connectivity index is 1.66. The average molecular weight is 331 g/mol. The zero-order chi connectivity index (χ0) is 15.9. The Hall–Kier alpha value is -1.39. The van der Waals surface area contributed by atoms with E-state index in [1.54, 1.807) is 0 Å². The molecule has 4 heteroatoms. The lowest BCUT2D eigenvalue weighted by Crippen LogP contribution is -2.41. The van der Waals surface area contributed by atoms with E-state index in [-0.39, 0.29) is 6.04 Å². The van der Waals surface area contributed by atoms with Crippen molar-refractivity contribution in [2.45, 2.75) is 6.04 Å². The predicted octanol–water partition coefficient (Wildman–Crippen LogP) is 3.35. The number of rotatable bonds is 6. The molecule has 0 aliphatic carbocycles. The molecule has 0 aromatic heterocycles. The Labute approximate surface area is 143 Å². The molecule has 0 spiro atoms. The molecule has 2 aromatic rings. The number of morpholine rings is 1. The van der Waals surface area contributed by atoms with E-state index in [1.807, 2.05) is 12.1 Å². The van der Waals surface area contributed by atoms with Crippen LogP contribution in [0, 0.1) is 0 Å². The predicted molar refractivity (Wildman–Crippen MR) is 95.0 cm³/mol. The van der Waals surface area contributed by atoms with Crippen molar-refractivity contribution in [1.82, 2.24) is 10.2 Å². The molecule has 23 heavy (non-hydrogen) atoms. The van der Waals surface area contributed by atoms with Crippen molar-refractivity contribution >= 4 is 11.6 Å². The molecule has 1 fully saturated rings. The topological polar surface area (TPSA) is 24.5 Å². The van der Waals surface area contributed by atoms with E-state index in [0.717, 1.165) is 44.4 Å². The maximum Gasteiger partial charge on any atom is 0.0594 e. The Bertz CT molecular complexity index is 582. The standard InChI is InChI=1S/C19H23ClN2O/c20-18-8-6-17(7-9-18)19(16-4-2-1-3-5-16)21-10-11-22-12-14-23-15-13-22/h1-9,19,21H,10-15H2/t19-/m1/s1. The first kappa shape index (κ1) is 16.5. The molecule has 1 aliphatic rings. The van der Waals surface area contributed by atoms with Crippen LogP contribution in [0.4, 0.5) is 0 Å².